The molecule has 3 rings (SSSR count). The molecule has 22 heavy (non-hydrogen) atoms. The summed E-state index contributed by atoms with van der Waals surface area (Å²) >= 11 is 0. The summed E-state index contributed by atoms with van der Waals surface area (Å²) in [4.78, 5) is 31.5. The second-order valence-electron chi connectivity index (χ2n) is 5.82. The molecule has 0 radical (unpaired) electrons. The molecule has 1 fully saturated rings. The molecule has 2 aromatic heterocycles. The number of nitrogens with one attached hydrogen (secondary N) is 2. The lowest BCUT2D eigenvalue weighted by Gasteiger charge is -2.22. The number of piperidine rings is 1. The van der Waals surface area contributed by atoms with E-state index in [1.165, 1.54) is 0 Å². The van der Waals surface area contributed by atoms with Crippen molar-refractivity contribution in [3.05, 3.63) is 26.7 Å². The zero-order valence-corrected chi connectivity index (χ0v) is 13.2. The number of hydrogen-bond donors (Lipinski definition) is 2. The minimum absolute atomic E-state index is 0.332. The van der Waals surface area contributed by atoms with Gasteiger partial charge in [0.05, 0.1) is 0 Å². The van der Waals surface area contributed by atoms with Crippen molar-refractivity contribution in [2.45, 2.75) is 52.1 Å². The summed E-state index contributed by atoms with van der Waals surface area (Å²) in [5.74, 6) is 1.29. The highest BCUT2D eigenvalue weighted by Crippen LogP contribution is 2.26. The van der Waals surface area contributed by atoms with Crippen LogP contribution in [0.3, 0.4) is 0 Å². The third-order valence-electron chi connectivity index (χ3n) is 4.38. The Bertz CT molecular complexity index is 780. The Hall–Kier alpha value is -1.89. The lowest BCUT2D eigenvalue weighted by Crippen LogP contribution is -2.31. The van der Waals surface area contributed by atoms with Crippen LogP contribution in [-0.2, 0) is 13.1 Å². The number of H-pyrrole nitrogens is 1. The Labute approximate surface area is 128 Å². The van der Waals surface area contributed by atoms with Crippen LogP contribution in [0.1, 0.15) is 44.9 Å². The fourth-order valence-corrected chi connectivity index (χ4v) is 3.33. The van der Waals surface area contributed by atoms with Gasteiger partial charge in [0.1, 0.15) is 5.82 Å². The van der Waals surface area contributed by atoms with E-state index in [2.05, 4.69) is 10.3 Å². The lowest BCUT2D eigenvalue weighted by atomic mass is 9.97. The van der Waals surface area contributed by atoms with Crippen molar-refractivity contribution in [2.75, 3.05) is 13.1 Å². The van der Waals surface area contributed by atoms with Gasteiger partial charge >= 0.3 is 5.69 Å². The number of aryl methyl sites for hydroxylation is 2. The van der Waals surface area contributed by atoms with Gasteiger partial charge in [-0.1, -0.05) is 6.92 Å². The molecule has 2 N–H and O–H groups in total. The SMILES string of the molecule is CCCn1c(=O)[nH]c(=O)c2c1nc(C1CCNCC1)n2CC. The lowest BCUT2D eigenvalue weighted by molar-refractivity contribution is 0.434. The first kappa shape index (κ1) is 15.0. The predicted molar refractivity (Wildman–Crippen MR) is 85.4 cm³/mol. The fraction of sp³-hybridized carbons (Fsp3) is 0.667. The second-order valence-corrected chi connectivity index (χ2v) is 5.82. The van der Waals surface area contributed by atoms with E-state index in [9.17, 15) is 9.59 Å². The topological polar surface area (TPSA) is 84.7 Å². The first-order chi connectivity index (χ1) is 10.7. The van der Waals surface area contributed by atoms with Gasteiger partial charge in [0.15, 0.2) is 11.2 Å². The van der Waals surface area contributed by atoms with Crippen LogP contribution in [0.4, 0.5) is 0 Å². The fourth-order valence-electron chi connectivity index (χ4n) is 3.33. The first-order valence-corrected chi connectivity index (χ1v) is 8.11. The standard InChI is InChI=1S/C15H23N5O2/c1-3-9-20-13-11(14(21)18-15(20)22)19(4-2)12(17-13)10-5-7-16-8-6-10/h10,16H,3-9H2,1-2H3,(H,18,21,22). The Balaban J connectivity index is 2.26. The van der Waals surface area contributed by atoms with Crippen molar-refractivity contribution in [1.29, 1.82) is 0 Å². The van der Waals surface area contributed by atoms with E-state index in [0.29, 0.717) is 30.2 Å². The normalized spacial score (nSPS) is 16.5. The maximum absolute atomic E-state index is 12.3. The average Bonchev–Trinajstić information content (AvgIpc) is 2.92. The summed E-state index contributed by atoms with van der Waals surface area (Å²) in [5.41, 5.74) is 0.369. The number of imidazole rings is 1. The summed E-state index contributed by atoms with van der Waals surface area (Å²) in [6, 6.07) is 0. The molecule has 0 saturated carbocycles. The van der Waals surface area contributed by atoms with Crippen LogP contribution in [0.2, 0.25) is 0 Å². The van der Waals surface area contributed by atoms with Gasteiger partial charge in [-0.25, -0.2) is 9.78 Å². The van der Waals surface area contributed by atoms with Crippen molar-refractivity contribution in [2.24, 2.45) is 0 Å². The summed E-state index contributed by atoms with van der Waals surface area (Å²) in [6.45, 7) is 7.21. The van der Waals surface area contributed by atoms with Gasteiger partial charge in [0, 0.05) is 19.0 Å². The Morgan fingerprint density at radius 2 is 1.91 bits per heavy atom. The highest BCUT2D eigenvalue weighted by atomic mass is 16.2. The summed E-state index contributed by atoms with van der Waals surface area (Å²) in [6.07, 6.45) is 2.85. The number of fused-ring (bicyclic) bond motifs is 1. The number of rotatable bonds is 4. The van der Waals surface area contributed by atoms with Crippen LogP contribution < -0.4 is 16.6 Å². The second kappa shape index (κ2) is 6.08. The van der Waals surface area contributed by atoms with E-state index >= 15 is 0 Å². The summed E-state index contributed by atoms with van der Waals surface area (Å²) in [7, 11) is 0. The van der Waals surface area contributed by atoms with Gasteiger partial charge in [-0.05, 0) is 39.3 Å². The highest BCUT2D eigenvalue weighted by Gasteiger charge is 2.24. The third kappa shape index (κ3) is 2.39. The van der Waals surface area contributed by atoms with Gasteiger partial charge < -0.3 is 9.88 Å². The van der Waals surface area contributed by atoms with Crippen LogP contribution >= 0.6 is 0 Å². The minimum Gasteiger partial charge on any atom is -0.322 e. The smallest absolute Gasteiger partial charge is 0.322 e. The quantitative estimate of drug-likeness (QED) is 0.874. The molecule has 0 aromatic carbocycles. The number of aromatic amines is 1. The van der Waals surface area contributed by atoms with Gasteiger partial charge in [0.25, 0.3) is 5.56 Å². The molecule has 3 heterocycles. The Kier molecular flexibility index (Phi) is 4.15. The van der Waals surface area contributed by atoms with Crippen LogP contribution in [0.15, 0.2) is 9.59 Å². The van der Waals surface area contributed by atoms with E-state index in [1.807, 2.05) is 18.4 Å². The first-order valence-electron chi connectivity index (χ1n) is 8.11. The molecule has 1 aliphatic heterocycles. The maximum Gasteiger partial charge on any atom is 0.330 e. The summed E-state index contributed by atoms with van der Waals surface area (Å²) in [5, 5.41) is 3.35. The number of hydrogen-bond acceptors (Lipinski definition) is 4. The molecule has 0 spiro atoms. The molecule has 0 aliphatic carbocycles. The molecule has 1 saturated heterocycles. The van der Waals surface area contributed by atoms with Crippen molar-refractivity contribution in [3.63, 3.8) is 0 Å². The van der Waals surface area contributed by atoms with E-state index < -0.39 is 0 Å². The van der Waals surface area contributed by atoms with Crippen LogP contribution in [0, 0.1) is 0 Å². The summed E-state index contributed by atoms with van der Waals surface area (Å²) < 4.78 is 3.57. The van der Waals surface area contributed by atoms with Crippen LogP contribution in [0.25, 0.3) is 11.2 Å². The van der Waals surface area contributed by atoms with Crippen LogP contribution in [0.5, 0.6) is 0 Å². The van der Waals surface area contributed by atoms with Crippen molar-refractivity contribution >= 4 is 11.2 Å². The van der Waals surface area contributed by atoms with Gasteiger partial charge in [-0.2, -0.15) is 0 Å². The molecule has 2 aromatic rings. The zero-order chi connectivity index (χ0) is 15.7. The van der Waals surface area contributed by atoms with E-state index in [0.717, 1.165) is 38.2 Å². The van der Waals surface area contributed by atoms with Gasteiger partial charge in [0.2, 0.25) is 0 Å². The van der Waals surface area contributed by atoms with Gasteiger partial charge in [-0.3, -0.25) is 14.3 Å². The van der Waals surface area contributed by atoms with Crippen molar-refractivity contribution in [1.82, 2.24) is 24.4 Å². The largest absolute Gasteiger partial charge is 0.330 e. The molecule has 0 amide bonds. The number of aromatic nitrogens is 4. The molecule has 0 atom stereocenters. The molecular formula is C15H23N5O2. The van der Waals surface area contributed by atoms with E-state index in [4.69, 9.17) is 4.98 Å². The molecule has 7 nitrogen and oxygen atoms in total. The van der Waals surface area contributed by atoms with Crippen molar-refractivity contribution in [3.8, 4) is 0 Å². The molecule has 0 bridgehead atoms. The number of nitrogens with zero attached hydrogens (tertiary/aromatic N) is 3. The maximum atomic E-state index is 12.3. The highest BCUT2D eigenvalue weighted by molar-refractivity contribution is 5.71. The molecule has 0 unspecified atom stereocenters. The van der Waals surface area contributed by atoms with E-state index in [-0.39, 0.29) is 11.2 Å². The molecular weight excluding hydrogens is 282 g/mol. The van der Waals surface area contributed by atoms with E-state index in [1.54, 1.807) is 4.57 Å². The predicted octanol–water partition coefficient (Wildman–Crippen LogP) is 0.783. The zero-order valence-electron chi connectivity index (χ0n) is 13.2. The average molecular weight is 305 g/mol. The van der Waals surface area contributed by atoms with Crippen LogP contribution in [-0.4, -0.2) is 32.2 Å². The molecule has 7 heteroatoms. The Morgan fingerprint density at radius 1 is 1.18 bits per heavy atom. The van der Waals surface area contributed by atoms with Gasteiger partial charge in [-0.15, -0.1) is 0 Å². The third-order valence-corrected chi connectivity index (χ3v) is 4.38. The monoisotopic (exact) mass is 305 g/mol. The van der Waals surface area contributed by atoms with Crippen molar-refractivity contribution < 1.29 is 0 Å². The molecule has 1 aliphatic rings. The molecule has 120 valence electrons. The minimum atomic E-state index is -0.364. The Morgan fingerprint density at radius 3 is 2.55 bits per heavy atom.